The molecule has 3 amide bonds. The molecule has 0 aromatic heterocycles. The van der Waals surface area contributed by atoms with Crippen molar-refractivity contribution < 1.29 is 9.59 Å². The average Bonchev–Trinajstić information content (AvgIpc) is 2.45. The highest BCUT2D eigenvalue weighted by Gasteiger charge is 2.27. The Morgan fingerprint density at radius 2 is 1.62 bits per heavy atom. The number of urea groups is 1. The first-order valence-electron chi connectivity index (χ1n) is 8.00. The second kappa shape index (κ2) is 7.66. The van der Waals surface area contributed by atoms with Crippen molar-refractivity contribution in [2.45, 2.75) is 46.6 Å². The molecule has 0 aromatic carbocycles. The Bertz CT molecular complexity index is 361. The summed E-state index contributed by atoms with van der Waals surface area (Å²) < 4.78 is 0. The number of hydrogen-bond acceptors (Lipinski definition) is 2. The van der Waals surface area contributed by atoms with E-state index < -0.39 is 0 Å². The molecule has 1 saturated heterocycles. The minimum atomic E-state index is 0.0522. The summed E-state index contributed by atoms with van der Waals surface area (Å²) in [6, 6.07) is 0.347. The molecule has 5 nitrogen and oxygen atoms in total. The predicted octanol–water partition coefficient (Wildman–Crippen LogP) is 2.27. The molecule has 122 valence electrons. The van der Waals surface area contributed by atoms with Gasteiger partial charge in [-0.2, -0.15) is 0 Å². The molecule has 0 bridgehead atoms. The zero-order chi connectivity index (χ0) is 16.2. The van der Waals surface area contributed by atoms with E-state index in [9.17, 15) is 9.59 Å². The van der Waals surface area contributed by atoms with Crippen molar-refractivity contribution >= 4 is 11.9 Å². The molecule has 0 saturated carbocycles. The van der Waals surface area contributed by atoms with Crippen molar-refractivity contribution in [2.24, 2.45) is 11.8 Å². The van der Waals surface area contributed by atoms with Crippen LogP contribution in [0.5, 0.6) is 0 Å². The van der Waals surface area contributed by atoms with Gasteiger partial charge in [0.1, 0.15) is 0 Å². The van der Waals surface area contributed by atoms with Crippen LogP contribution in [0.4, 0.5) is 4.79 Å². The first-order valence-corrected chi connectivity index (χ1v) is 8.00. The molecule has 0 atom stereocenters. The fourth-order valence-electron chi connectivity index (χ4n) is 2.67. The highest BCUT2D eigenvalue weighted by atomic mass is 16.2. The van der Waals surface area contributed by atoms with Gasteiger partial charge in [-0.1, -0.05) is 13.8 Å². The smallest absolute Gasteiger partial charge is 0.319 e. The summed E-state index contributed by atoms with van der Waals surface area (Å²) in [6.07, 6.45) is 1.96. The van der Waals surface area contributed by atoms with Crippen LogP contribution in [-0.2, 0) is 4.79 Å². The van der Waals surface area contributed by atoms with Gasteiger partial charge in [-0.3, -0.25) is 4.79 Å². The monoisotopic (exact) mass is 297 g/mol. The SMILES string of the molecule is CC(C)C(=O)N(C)CC1CCN(C(=O)N(C)C(C)C)CC1. The molecule has 1 fully saturated rings. The van der Waals surface area contributed by atoms with Crippen LogP contribution < -0.4 is 0 Å². The van der Waals surface area contributed by atoms with Gasteiger partial charge in [-0.25, -0.2) is 4.79 Å². The van der Waals surface area contributed by atoms with Crippen LogP contribution in [0.25, 0.3) is 0 Å². The molecule has 1 rings (SSSR count). The lowest BCUT2D eigenvalue weighted by atomic mass is 9.96. The minimum absolute atomic E-state index is 0.0522. The van der Waals surface area contributed by atoms with E-state index in [0.29, 0.717) is 5.92 Å². The van der Waals surface area contributed by atoms with Crippen LogP contribution in [0.15, 0.2) is 0 Å². The molecule has 21 heavy (non-hydrogen) atoms. The molecule has 0 spiro atoms. The lowest BCUT2D eigenvalue weighted by Gasteiger charge is -2.37. The van der Waals surface area contributed by atoms with Crippen molar-refractivity contribution in [1.82, 2.24) is 14.7 Å². The van der Waals surface area contributed by atoms with Crippen LogP contribution in [0.3, 0.4) is 0 Å². The predicted molar refractivity (Wildman–Crippen MR) is 85.1 cm³/mol. The molecule has 1 aliphatic rings. The summed E-state index contributed by atoms with van der Waals surface area (Å²) in [7, 11) is 3.74. The van der Waals surface area contributed by atoms with Crippen LogP contribution >= 0.6 is 0 Å². The van der Waals surface area contributed by atoms with Gasteiger partial charge in [-0.05, 0) is 32.6 Å². The van der Waals surface area contributed by atoms with E-state index in [2.05, 4.69) is 0 Å². The molecule has 0 aromatic rings. The Morgan fingerprint density at radius 1 is 1.10 bits per heavy atom. The number of carbonyl (C=O) groups excluding carboxylic acids is 2. The van der Waals surface area contributed by atoms with E-state index in [-0.39, 0.29) is 23.9 Å². The zero-order valence-corrected chi connectivity index (χ0v) is 14.4. The number of likely N-dealkylation sites (tertiary alicyclic amines) is 1. The Hall–Kier alpha value is -1.26. The van der Waals surface area contributed by atoms with Crippen LogP contribution in [0.1, 0.15) is 40.5 Å². The number of piperidine rings is 1. The second-order valence-electron chi connectivity index (χ2n) is 6.79. The molecule has 1 heterocycles. The van der Waals surface area contributed by atoms with E-state index in [4.69, 9.17) is 0 Å². The Morgan fingerprint density at radius 3 is 2.05 bits per heavy atom. The van der Waals surface area contributed by atoms with E-state index >= 15 is 0 Å². The van der Waals surface area contributed by atoms with Gasteiger partial charge in [0, 0.05) is 45.7 Å². The molecular formula is C16H31N3O2. The molecular weight excluding hydrogens is 266 g/mol. The molecule has 0 radical (unpaired) electrons. The van der Waals surface area contributed by atoms with E-state index in [1.165, 1.54) is 0 Å². The van der Waals surface area contributed by atoms with Gasteiger partial charge in [0.2, 0.25) is 5.91 Å². The quantitative estimate of drug-likeness (QED) is 0.799. The maximum absolute atomic E-state index is 12.3. The second-order valence-corrected chi connectivity index (χ2v) is 6.79. The van der Waals surface area contributed by atoms with Gasteiger partial charge < -0.3 is 14.7 Å². The van der Waals surface area contributed by atoms with Gasteiger partial charge in [-0.15, -0.1) is 0 Å². The standard InChI is InChI=1S/C16H31N3O2/c1-12(2)15(20)17(5)11-14-7-9-19(10-8-14)16(21)18(6)13(3)4/h12-14H,7-11H2,1-6H3. The Balaban J connectivity index is 2.42. The third kappa shape index (κ3) is 4.90. The number of hydrogen-bond donors (Lipinski definition) is 0. The number of nitrogens with zero attached hydrogens (tertiary/aromatic N) is 3. The third-order valence-corrected chi connectivity index (χ3v) is 4.36. The average molecular weight is 297 g/mol. The van der Waals surface area contributed by atoms with Crippen molar-refractivity contribution in [2.75, 3.05) is 33.7 Å². The van der Waals surface area contributed by atoms with Crippen molar-refractivity contribution in [1.29, 1.82) is 0 Å². The maximum atomic E-state index is 12.3. The topological polar surface area (TPSA) is 43.9 Å². The summed E-state index contributed by atoms with van der Waals surface area (Å²) in [5, 5.41) is 0. The molecule has 0 aliphatic carbocycles. The first-order chi connectivity index (χ1) is 9.73. The van der Waals surface area contributed by atoms with E-state index in [0.717, 1.165) is 32.5 Å². The number of carbonyl (C=O) groups is 2. The van der Waals surface area contributed by atoms with Crippen LogP contribution in [0, 0.1) is 11.8 Å². The lowest BCUT2D eigenvalue weighted by molar-refractivity contribution is -0.133. The van der Waals surface area contributed by atoms with Gasteiger partial charge in [0.25, 0.3) is 0 Å². The van der Waals surface area contributed by atoms with Gasteiger partial charge in [0.05, 0.1) is 0 Å². The lowest BCUT2D eigenvalue weighted by Crippen LogP contribution is -2.48. The fraction of sp³-hybridized carbons (Fsp3) is 0.875. The highest BCUT2D eigenvalue weighted by Crippen LogP contribution is 2.20. The molecule has 0 N–H and O–H groups in total. The highest BCUT2D eigenvalue weighted by molar-refractivity contribution is 5.77. The Kier molecular flexibility index (Phi) is 6.49. The van der Waals surface area contributed by atoms with Gasteiger partial charge >= 0.3 is 6.03 Å². The largest absolute Gasteiger partial charge is 0.345 e. The van der Waals surface area contributed by atoms with E-state index in [1.807, 2.05) is 51.6 Å². The summed E-state index contributed by atoms with van der Waals surface area (Å²) >= 11 is 0. The third-order valence-electron chi connectivity index (χ3n) is 4.36. The van der Waals surface area contributed by atoms with E-state index in [1.54, 1.807) is 4.90 Å². The van der Waals surface area contributed by atoms with Crippen LogP contribution in [0.2, 0.25) is 0 Å². The normalized spacial score (nSPS) is 16.5. The fourth-order valence-corrected chi connectivity index (χ4v) is 2.67. The molecule has 1 aliphatic heterocycles. The number of amides is 3. The number of rotatable bonds is 4. The van der Waals surface area contributed by atoms with Crippen molar-refractivity contribution in [3.05, 3.63) is 0 Å². The van der Waals surface area contributed by atoms with Crippen molar-refractivity contribution in [3.8, 4) is 0 Å². The maximum Gasteiger partial charge on any atom is 0.319 e. The Labute approximate surface area is 129 Å². The zero-order valence-electron chi connectivity index (χ0n) is 14.4. The summed E-state index contributed by atoms with van der Waals surface area (Å²) in [4.78, 5) is 29.7. The van der Waals surface area contributed by atoms with Gasteiger partial charge in [0.15, 0.2) is 0 Å². The minimum Gasteiger partial charge on any atom is -0.345 e. The first kappa shape index (κ1) is 17.8. The molecule has 5 heteroatoms. The van der Waals surface area contributed by atoms with Crippen molar-refractivity contribution in [3.63, 3.8) is 0 Å². The molecule has 0 unspecified atom stereocenters. The summed E-state index contributed by atoms with van der Waals surface area (Å²) in [6.45, 7) is 10.3. The summed E-state index contributed by atoms with van der Waals surface area (Å²) in [5.74, 6) is 0.760. The van der Waals surface area contributed by atoms with Crippen LogP contribution in [-0.4, -0.2) is 66.4 Å². The summed E-state index contributed by atoms with van der Waals surface area (Å²) in [5.41, 5.74) is 0.